The molecule has 0 saturated carbocycles. The summed E-state index contributed by atoms with van der Waals surface area (Å²) in [5.41, 5.74) is 21.2. The molecule has 63 heavy (non-hydrogen) atoms. The number of fused-ring (bicyclic) bond motifs is 9. The van der Waals surface area contributed by atoms with Crippen LogP contribution in [0.3, 0.4) is 0 Å². The lowest BCUT2D eigenvalue weighted by Crippen LogP contribution is -2.33. The molecule has 4 unspecified atom stereocenters. The molecule has 0 bridgehead atoms. The van der Waals surface area contributed by atoms with Crippen LogP contribution < -0.4 is 19.9 Å². The molecule has 0 amide bonds. The first-order valence-electron chi connectivity index (χ1n) is 20.7. The van der Waals surface area contributed by atoms with Gasteiger partial charge >= 0.3 is 0 Å². The van der Waals surface area contributed by atoms with Gasteiger partial charge in [0.25, 0.3) is 10.1 Å². The van der Waals surface area contributed by atoms with Crippen molar-refractivity contribution in [3.05, 3.63) is 148 Å². The quantitative estimate of drug-likeness (QED) is 0.0753. The number of aromatic nitrogens is 3. The van der Waals surface area contributed by atoms with Gasteiger partial charge in [0.2, 0.25) is 0 Å². The second kappa shape index (κ2) is 19.8. The van der Waals surface area contributed by atoms with E-state index in [0.717, 1.165) is 98.9 Å². The van der Waals surface area contributed by atoms with Gasteiger partial charge in [0, 0.05) is 65.2 Å². The van der Waals surface area contributed by atoms with Crippen molar-refractivity contribution in [2.45, 2.75) is 68.4 Å². The standard InChI is InChI=1S/C19H17NO4S.C12H10N4O.C12H12N2O.C4H8O2/c1-13-4-7-16(8-5-13)25(21,22)24-15-11-14-6-9-18-17(3-2-10-20-18)19(14)23-12-15;13-16-15-9-6-8-3-4-11-10(2-1-5-14-11)12(8)17-7-9;13-9-6-8-3-4-11-10(2-1-5-14-11)12(8)15-7-9;5-4-2-1-3-6-4/h2-10,15H,11-12H2,1H3;1-5,9H,6-7H2;1-5,9H,6-7,13H2;4-5H,1-3H2. The molecule has 7 aromatic rings. The molecule has 1 saturated heterocycles. The normalized spacial score (nSPS) is 19.6. The first kappa shape index (κ1) is 43.3. The molecule has 3 N–H and O–H groups in total. The van der Waals surface area contributed by atoms with Gasteiger partial charge in [-0.3, -0.25) is 19.1 Å². The van der Waals surface area contributed by atoms with Crippen LogP contribution in [0.2, 0.25) is 0 Å². The number of aryl methyl sites for hydroxylation is 1. The number of aliphatic hydroxyl groups excluding tert-OH is 1. The highest BCUT2D eigenvalue weighted by molar-refractivity contribution is 7.86. The third-order valence-electron chi connectivity index (χ3n) is 10.8. The van der Waals surface area contributed by atoms with Gasteiger partial charge in [-0.15, -0.1) is 0 Å². The van der Waals surface area contributed by atoms with Crippen LogP contribution in [0, 0.1) is 6.92 Å². The number of nitrogens with zero attached hydrogens (tertiary/aromatic N) is 6. The first-order valence-corrected chi connectivity index (χ1v) is 22.1. The number of rotatable bonds is 4. The molecule has 0 radical (unpaired) electrons. The average Bonchev–Trinajstić information content (AvgIpc) is 3.80. The number of hydrogen-bond acceptors (Lipinski definition) is 13. The van der Waals surface area contributed by atoms with E-state index in [2.05, 4.69) is 31.0 Å². The molecule has 4 aliphatic rings. The van der Waals surface area contributed by atoms with E-state index in [-0.39, 0.29) is 23.6 Å². The minimum atomic E-state index is -3.81. The van der Waals surface area contributed by atoms with E-state index in [1.807, 2.05) is 73.7 Å². The maximum Gasteiger partial charge on any atom is 0.297 e. The third-order valence-corrected chi connectivity index (χ3v) is 12.2. The highest BCUT2D eigenvalue weighted by Gasteiger charge is 2.28. The minimum Gasteiger partial charge on any atom is -0.492 e. The summed E-state index contributed by atoms with van der Waals surface area (Å²) in [6, 6.07) is 30.2. The average molecular weight is 870 g/mol. The smallest absolute Gasteiger partial charge is 0.297 e. The van der Waals surface area contributed by atoms with Crippen molar-refractivity contribution < 1.29 is 36.7 Å². The molecular weight excluding hydrogens is 823 g/mol. The Labute approximate surface area is 364 Å². The van der Waals surface area contributed by atoms with Crippen LogP contribution in [0.4, 0.5) is 0 Å². The topological polar surface area (TPSA) is 214 Å². The van der Waals surface area contributed by atoms with Gasteiger partial charge in [0.15, 0.2) is 6.29 Å². The van der Waals surface area contributed by atoms with Gasteiger partial charge in [-0.05, 0) is 115 Å². The molecule has 7 heterocycles. The van der Waals surface area contributed by atoms with Crippen molar-refractivity contribution in [2.24, 2.45) is 10.8 Å². The largest absolute Gasteiger partial charge is 0.492 e. The van der Waals surface area contributed by atoms with Crippen molar-refractivity contribution in [1.82, 2.24) is 15.0 Å². The van der Waals surface area contributed by atoms with E-state index in [9.17, 15) is 8.42 Å². The number of benzene rings is 4. The van der Waals surface area contributed by atoms with E-state index in [0.29, 0.717) is 19.6 Å². The lowest BCUT2D eigenvalue weighted by atomic mass is 10.0. The molecule has 324 valence electrons. The Morgan fingerprint density at radius 3 is 1.75 bits per heavy atom. The van der Waals surface area contributed by atoms with Gasteiger partial charge in [-0.1, -0.05) is 41.0 Å². The van der Waals surface area contributed by atoms with Gasteiger partial charge < -0.3 is 29.8 Å². The van der Waals surface area contributed by atoms with Crippen molar-refractivity contribution >= 4 is 42.8 Å². The number of azide groups is 1. The number of nitrogens with two attached hydrogens (primary N) is 1. The summed E-state index contributed by atoms with van der Waals surface area (Å²) in [6.45, 7) is 3.86. The van der Waals surface area contributed by atoms with Crippen LogP contribution in [0.1, 0.15) is 35.1 Å². The summed E-state index contributed by atoms with van der Waals surface area (Å²) in [5, 5.41) is 15.2. The van der Waals surface area contributed by atoms with Crippen molar-refractivity contribution in [1.29, 1.82) is 0 Å². The van der Waals surface area contributed by atoms with Crippen molar-refractivity contribution in [3.8, 4) is 17.2 Å². The predicted molar refractivity (Wildman–Crippen MR) is 238 cm³/mol. The van der Waals surface area contributed by atoms with E-state index < -0.39 is 22.5 Å². The highest BCUT2D eigenvalue weighted by Crippen LogP contribution is 2.35. The van der Waals surface area contributed by atoms with Gasteiger partial charge in [-0.2, -0.15) is 8.42 Å². The zero-order chi connectivity index (χ0) is 43.8. The maximum absolute atomic E-state index is 12.4. The Morgan fingerprint density at radius 1 is 0.714 bits per heavy atom. The Morgan fingerprint density at radius 2 is 1.24 bits per heavy atom. The SMILES string of the molecule is Cc1ccc(S(=O)(=O)OC2COc3c(ccc4ncccc34)C2)cc1.NC1COc2c(ccc3ncccc23)C1.OC1CCCO1.[N-]=[N+]=NC1COc2c(ccc3ncccc23)C1. The first-order chi connectivity index (χ1) is 30.6. The van der Waals surface area contributed by atoms with Crippen molar-refractivity contribution in [3.63, 3.8) is 0 Å². The van der Waals surface area contributed by atoms with E-state index >= 15 is 0 Å². The summed E-state index contributed by atoms with van der Waals surface area (Å²) in [4.78, 5) is 15.9. The van der Waals surface area contributed by atoms with E-state index in [1.165, 1.54) is 5.56 Å². The Bertz CT molecular complexity index is 2870. The fraction of sp³-hybridized carbons (Fsp3) is 0.298. The predicted octanol–water partition coefficient (Wildman–Crippen LogP) is 7.71. The fourth-order valence-corrected chi connectivity index (χ4v) is 8.78. The Kier molecular flexibility index (Phi) is 13.6. The number of pyridine rings is 3. The summed E-state index contributed by atoms with van der Waals surface area (Å²) in [7, 11) is -3.81. The third kappa shape index (κ3) is 10.5. The van der Waals surface area contributed by atoms with Crippen LogP contribution in [0.15, 0.2) is 126 Å². The van der Waals surface area contributed by atoms with Crippen LogP contribution >= 0.6 is 0 Å². The van der Waals surface area contributed by atoms with E-state index in [4.69, 9.17) is 39.5 Å². The molecule has 0 spiro atoms. The molecule has 4 aliphatic heterocycles. The summed E-state index contributed by atoms with van der Waals surface area (Å²) >= 11 is 0. The Balaban J connectivity index is 0.000000125. The van der Waals surface area contributed by atoms with Gasteiger partial charge in [-0.25, -0.2) is 0 Å². The zero-order valence-electron chi connectivity index (χ0n) is 34.6. The fourth-order valence-electron chi connectivity index (χ4n) is 7.72. The van der Waals surface area contributed by atoms with Crippen LogP contribution in [-0.2, 0) is 38.3 Å². The van der Waals surface area contributed by atoms with Crippen LogP contribution in [-0.4, -0.2) is 79.4 Å². The molecule has 3 aromatic heterocycles. The summed E-state index contributed by atoms with van der Waals surface area (Å²) < 4.78 is 52.2. The van der Waals surface area contributed by atoms with Gasteiger partial charge in [0.1, 0.15) is 36.6 Å². The summed E-state index contributed by atoms with van der Waals surface area (Å²) in [5.74, 6) is 2.60. The molecular formula is C47H47N7O8S. The van der Waals surface area contributed by atoms with Crippen molar-refractivity contribution in [2.75, 3.05) is 26.4 Å². The summed E-state index contributed by atoms with van der Waals surface area (Å²) in [6.07, 6.45) is 8.22. The second-order valence-electron chi connectivity index (χ2n) is 15.5. The molecule has 1 fully saturated rings. The highest BCUT2D eigenvalue weighted by atomic mass is 32.2. The van der Waals surface area contributed by atoms with Crippen LogP contribution in [0.25, 0.3) is 43.2 Å². The number of hydrogen-bond donors (Lipinski definition) is 2. The van der Waals surface area contributed by atoms with E-state index in [1.54, 1.807) is 42.9 Å². The second-order valence-corrected chi connectivity index (χ2v) is 17.1. The minimum absolute atomic E-state index is 0.110. The maximum atomic E-state index is 12.4. The van der Waals surface area contributed by atoms with Crippen LogP contribution in [0.5, 0.6) is 17.2 Å². The molecule has 0 aliphatic carbocycles. The molecule has 4 atom stereocenters. The lowest BCUT2D eigenvalue weighted by molar-refractivity contribution is -0.0589. The lowest BCUT2D eigenvalue weighted by Gasteiger charge is -2.26. The number of aliphatic hydroxyl groups is 1. The molecule has 16 heteroatoms. The molecule has 11 rings (SSSR count). The monoisotopic (exact) mass is 869 g/mol. The Hall–Kier alpha value is -6.39. The molecule has 4 aromatic carbocycles. The van der Waals surface area contributed by atoms with Gasteiger partial charge in [0.05, 0.1) is 34.1 Å². The molecule has 15 nitrogen and oxygen atoms in total. The number of ether oxygens (including phenoxy) is 4. The zero-order valence-corrected chi connectivity index (χ0v) is 35.4.